The van der Waals surface area contributed by atoms with E-state index >= 15 is 0 Å². The standard InChI is InChI=1S/C15H10ClF3/c16-14(12-4-2-1-3-5-12)10-11-6-8-13(9-7-11)15(17,18)19/h1-10H. The molecule has 2 aromatic carbocycles. The van der Waals surface area contributed by atoms with Crippen molar-refractivity contribution in [2.24, 2.45) is 0 Å². The highest BCUT2D eigenvalue weighted by Crippen LogP contribution is 2.30. The van der Waals surface area contributed by atoms with Crippen LogP contribution in [0.5, 0.6) is 0 Å². The summed E-state index contributed by atoms with van der Waals surface area (Å²) in [4.78, 5) is 0. The molecule has 0 aliphatic rings. The van der Waals surface area contributed by atoms with E-state index in [-0.39, 0.29) is 0 Å². The molecule has 2 rings (SSSR count). The maximum absolute atomic E-state index is 12.4. The second-order valence-electron chi connectivity index (χ2n) is 3.98. The van der Waals surface area contributed by atoms with Crippen molar-refractivity contribution in [2.75, 3.05) is 0 Å². The lowest BCUT2D eigenvalue weighted by atomic mass is 10.1. The smallest absolute Gasteiger partial charge is 0.166 e. The Morgan fingerprint density at radius 2 is 1.47 bits per heavy atom. The van der Waals surface area contributed by atoms with Crippen LogP contribution in [-0.2, 0) is 6.18 Å². The Kier molecular flexibility index (Phi) is 3.96. The van der Waals surface area contributed by atoms with Gasteiger partial charge in [0, 0.05) is 5.03 Å². The van der Waals surface area contributed by atoms with Crippen LogP contribution in [0.1, 0.15) is 16.7 Å². The Morgan fingerprint density at radius 3 is 2.00 bits per heavy atom. The van der Waals surface area contributed by atoms with Crippen LogP contribution < -0.4 is 0 Å². The summed E-state index contributed by atoms with van der Waals surface area (Å²) >= 11 is 6.11. The van der Waals surface area contributed by atoms with Crippen LogP contribution >= 0.6 is 11.6 Å². The fourth-order valence-electron chi connectivity index (χ4n) is 1.60. The van der Waals surface area contributed by atoms with Crippen LogP contribution in [0.2, 0.25) is 0 Å². The number of hydrogen-bond acceptors (Lipinski definition) is 0. The minimum Gasteiger partial charge on any atom is -0.166 e. The van der Waals surface area contributed by atoms with E-state index in [0.29, 0.717) is 10.6 Å². The van der Waals surface area contributed by atoms with Gasteiger partial charge in [-0.2, -0.15) is 13.2 Å². The Morgan fingerprint density at radius 1 is 0.895 bits per heavy atom. The number of alkyl halides is 3. The van der Waals surface area contributed by atoms with Crippen LogP contribution in [-0.4, -0.2) is 0 Å². The first kappa shape index (κ1) is 13.7. The predicted octanol–water partition coefficient (Wildman–Crippen LogP) is 5.44. The number of benzene rings is 2. The van der Waals surface area contributed by atoms with Crippen LogP contribution in [0.25, 0.3) is 11.1 Å². The molecule has 0 amide bonds. The van der Waals surface area contributed by atoms with Gasteiger partial charge in [0.2, 0.25) is 0 Å². The summed E-state index contributed by atoms with van der Waals surface area (Å²) in [6, 6.07) is 14.1. The zero-order valence-corrected chi connectivity index (χ0v) is 10.5. The number of hydrogen-bond donors (Lipinski definition) is 0. The van der Waals surface area contributed by atoms with Gasteiger partial charge >= 0.3 is 6.18 Å². The molecule has 0 N–H and O–H groups in total. The SMILES string of the molecule is FC(F)(F)c1ccc(C=C(Cl)c2ccccc2)cc1. The summed E-state index contributed by atoms with van der Waals surface area (Å²) in [7, 11) is 0. The normalized spacial score (nSPS) is 12.5. The van der Waals surface area contributed by atoms with Gasteiger partial charge in [-0.1, -0.05) is 54.1 Å². The molecular formula is C15H10ClF3. The Balaban J connectivity index is 2.24. The van der Waals surface area contributed by atoms with Crippen molar-refractivity contribution in [3.8, 4) is 0 Å². The topological polar surface area (TPSA) is 0 Å². The maximum Gasteiger partial charge on any atom is 0.416 e. The van der Waals surface area contributed by atoms with Gasteiger partial charge < -0.3 is 0 Å². The quantitative estimate of drug-likeness (QED) is 0.643. The first-order chi connectivity index (χ1) is 8.97. The Bertz CT molecular complexity index is 569. The zero-order valence-electron chi connectivity index (χ0n) is 9.79. The summed E-state index contributed by atoms with van der Waals surface area (Å²) in [5.41, 5.74) is 0.784. The van der Waals surface area contributed by atoms with E-state index in [1.807, 2.05) is 30.3 Å². The number of halogens is 4. The van der Waals surface area contributed by atoms with Crippen molar-refractivity contribution < 1.29 is 13.2 Å². The average molecular weight is 283 g/mol. The monoisotopic (exact) mass is 282 g/mol. The minimum atomic E-state index is -4.31. The molecule has 0 nitrogen and oxygen atoms in total. The van der Waals surface area contributed by atoms with E-state index in [4.69, 9.17) is 11.6 Å². The minimum absolute atomic E-state index is 0.486. The van der Waals surface area contributed by atoms with Gasteiger partial charge in [-0.05, 0) is 29.3 Å². The van der Waals surface area contributed by atoms with Gasteiger partial charge in [0.15, 0.2) is 0 Å². The lowest BCUT2D eigenvalue weighted by Crippen LogP contribution is -2.03. The van der Waals surface area contributed by atoms with E-state index in [9.17, 15) is 13.2 Å². The predicted molar refractivity (Wildman–Crippen MR) is 71.6 cm³/mol. The van der Waals surface area contributed by atoms with Gasteiger partial charge in [-0.3, -0.25) is 0 Å². The largest absolute Gasteiger partial charge is 0.416 e. The molecule has 0 atom stereocenters. The molecule has 0 fully saturated rings. The Labute approximate surface area is 114 Å². The van der Waals surface area contributed by atoms with Crippen LogP contribution in [0, 0.1) is 0 Å². The van der Waals surface area contributed by atoms with Gasteiger partial charge in [-0.25, -0.2) is 0 Å². The van der Waals surface area contributed by atoms with E-state index in [2.05, 4.69) is 0 Å². The summed E-state index contributed by atoms with van der Waals surface area (Å²) in [6.07, 6.45) is -2.68. The maximum atomic E-state index is 12.4. The van der Waals surface area contributed by atoms with Crippen LogP contribution in [0.15, 0.2) is 54.6 Å². The van der Waals surface area contributed by atoms with Crippen molar-refractivity contribution in [3.05, 3.63) is 71.3 Å². The summed E-state index contributed by atoms with van der Waals surface area (Å²) in [5.74, 6) is 0. The summed E-state index contributed by atoms with van der Waals surface area (Å²) in [5, 5.41) is 0.486. The molecular weight excluding hydrogens is 273 g/mol. The van der Waals surface area contributed by atoms with E-state index in [1.54, 1.807) is 6.08 Å². The third kappa shape index (κ3) is 3.61. The van der Waals surface area contributed by atoms with Crippen molar-refractivity contribution >= 4 is 22.7 Å². The molecule has 0 spiro atoms. The molecule has 0 aliphatic heterocycles. The van der Waals surface area contributed by atoms with Gasteiger partial charge in [-0.15, -0.1) is 0 Å². The highest BCUT2D eigenvalue weighted by molar-refractivity contribution is 6.51. The first-order valence-corrected chi connectivity index (χ1v) is 5.94. The molecule has 0 unspecified atom stereocenters. The van der Waals surface area contributed by atoms with Crippen molar-refractivity contribution in [3.63, 3.8) is 0 Å². The molecule has 0 saturated carbocycles. The van der Waals surface area contributed by atoms with E-state index < -0.39 is 11.7 Å². The molecule has 19 heavy (non-hydrogen) atoms. The molecule has 0 aliphatic carbocycles. The molecule has 2 aromatic rings. The zero-order chi connectivity index (χ0) is 13.9. The van der Waals surface area contributed by atoms with Gasteiger partial charge in [0.1, 0.15) is 0 Å². The second-order valence-corrected chi connectivity index (χ2v) is 4.39. The molecule has 4 heteroatoms. The van der Waals surface area contributed by atoms with Crippen molar-refractivity contribution in [1.29, 1.82) is 0 Å². The first-order valence-electron chi connectivity index (χ1n) is 5.57. The van der Waals surface area contributed by atoms with Crippen LogP contribution in [0.4, 0.5) is 13.2 Å². The third-order valence-electron chi connectivity index (χ3n) is 2.58. The lowest BCUT2D eigenvalue weighted by molar-refractivity contribution is -0.137. The van der Waals surface area contributed by atoms with Gasteiger partial charge in [0.05, 0.1) is 5.56 Å². The molecule has 0 heterocycles. The fourth-order valence-corrected chi connectivity index (χ4v) is 1.85. The summed E-state index contributed by atoms with van der Waals surface area (Å²) < 4.78 is 37.2. The fraction of sp³-hybridized carbons (Fsp3) is 0.0667. The van der Waals surface area contributed by atoms with Gasteiger partial charge in [0.25, 0.3) is 0 Å². The van der Waals surface area contributed by atoms with Crippen LogP contribution in [0.3, 0.4) is 0 Å². The number of rotatable bonds is 2. The average Bonchev–Trinajstić information content (AvgIpc) is 2.39. The highest BCUT2D eigenvalue weighted by atomic mass is 35.5. The molecule has 0 aromatic heterocycles. The Hall–Kier alpha value is -1.74. The molecule has 0 saturated heterocycles. The summed E-state index contributed by atoms with van der Waals surface area (Å²) in [6.45, 7) is 0. The van der Waals surface area contributed by atoms with E-state index in [1.165, 1.54) is 12.1 Å². The lowest BCUT2D eigenvalue weighted by Gasteiger charge is -2.06. The van der Waals surface area contributed by atoms with E-state index in [0.717, 1.165) is 17.7 Å². The van der Waals surface area contributed by atoms with Crippen molar-refractivity contribution in [1.82, 2.24) is 0 Å². The molecule has 0 bridgehead atoms. The molecule has 0 radical (unpaired) electrons. The van der Waals surface area contributed by atoms with Crippen molar-refractivity contribution in [2.45, 2.75) is 6.18 Å². The second kappa shape index (κ2) is 5.49. The highest BCUT2D eigenvalue weighted by Gasteiger charge is 2.29. The third-order valence-corrected chi connectivity index (χ3v) is 2.91. The molecule has 98 valence electrons.